The number of carboxylic acids is 1. The van der Waals surface area contributed by atoms with Gasteiger partial charge in [0.1, 0.15) is 10.6 Å². The number of thiazole rings is 1. The Kier molecular flexibility index (Phi) is 3.62. The number of fused-ring (bicyclic) bond motifs is 1. The van der Waals surface area contributed by atoms with E-state index in [4.69, 9.17) is 4.74 Å². The molecule has 0 saturated carbocycles. The number of imidazole rings is 1. The standard InChI is InChI=1S/C15H14N2O3S/c1-2-20-11-5-3-10(4-6-11)9-12-13(14(18)19)21-15-16-7-8-17(12)15/h3-8H,2,9H2,1H3,(H,18,19). The predicted molar refractivity (Wildman–Crippen MR) is 80.4 cm³/mol. The molecule has 0 fully saturated rings. The monoisotopic (exact) mass is 302 g/mol. The molecule has 0 aliphatic carbocycles. The summed E-state index contributed by atoms with van der Waals surface area (Å²) in [7, 11) is 0. The number of carboxylic acid groups (broad SMARTS) is 1. The molecule has 21 heavy (non-hydrogen) atoms. The van der Waals surface area contributed by atoms with Crippen molar-refractivity contribution in [1.29, 1.82) is 0 Å². The van der Waals surface area contributed by atoms with Crippen molar-refractivity contribution in [2.45, 2.75) is 13.3 Å². The number of hydrogen-bond donors (Lipinski definition) is 1. The predicted octanol–water partition coefficient (Wildman–Crippen LogP) is 3.08. The van der Waals surface area contributed by atoms with Gasteiger partial charge in [-0.15, -0.1) is 0 Å². The van der Waals surface area contributed by atoms with Gasteiger partial charge in [-0.05, 0) is 24.6 Å². The number of nitrogens with zero attached hydrogens (tertiary/aromatic N) is 2. The summed E-state index contributed by atoms with van der Waals surface area (Å²) in [5.41, 5.74) is 1.79. The molecule has 0 radical (unpaired) electrons. The third-order valence-electron chi connectivity index (χ3n) is 3.15. The normalized spacial score (nSPS) is 10.9. The molecule has 0 aliphatic heterocycles. The molecule has 0 unspecified atom stereocenters. The van der Waals surface area contributed by atoms with Gasteiger partial charge in [0.05, 0.1) is 12.3 Å². The molecule has 2 aromatic heterocycles. The molecule has 5 nitrogen and oxygen atoms in total. The molecule has 3 aromatic rings. The van der Waals surface area contributed by atoms with E-state index in [1.165, 1.54) is 11.3 Å². The van der Waals surface area contributed by atoms with Gasteiger partial charge in [-0.25, -0.2) is 9.78 Å². The fourth-order valence-electron chi connectivity index (χ4n) is 2.23. The zero-order valence-corrected chi connectivity index (χ0v) is 12.3. The van der Waals surface area contributed by atoms with Crippen LogP contribution in [0.4, 0.5) is 0 Å². The van der Waals surface area contributed by atoms with Gasteiger partial charge >= 0.3 is 5.97 Å². The van der Waals surface area contributed by atoms with Crippen LogP contribution in [0.5, 0.6) is 5.75 Å². The first-order valence-electron chi connectivity index (χ1n) is 6.58. The van der Waals surface area contributed by atoms with Gasteiger partial charge in [0.15, 0.2) is 4.96 Å². The Morgan fingerprint density at radius 1 is 1.38 bits per heavy atom. The second kappa shape index (κ2) is 5.57. The van der Waals surface area contributed by atoms with Crippen LogP contribution in [-0.2, 0) is 6.42 Å². The van der Waals surface area contributed by atoms with Crippen LogP contribution in [0.15, 0.2) is 36.7 Å². The minimum Gasteiger partial charge on any atom is -0.494 e. The van der Waals surface area contributed by atoms with E-state index in [0.717, 1.165) is 17.0 Å². The molecule has 1 aromatic carbocycles. The maximum Gasteiger partial charge on any atom is 0.347 e. The Balaban J connectivity index is 1.94. The highest BCUT2D eigenvalue weighted by Gasteiger charge is 2.18. The lowest BCUT2D eigenvalue weighted by atomic mass is 10.1. The van der Waals surface area contributed by atoms with E-state index < -0.39 is 5.97 Å². The SMILES string of the molecule is CCOc1ccc(Cc2c(C(=O)O)sc3nccn23)cc1. The number of benzene rings is 1. The topological polar surface area (TPSA) is 63.8 Å². The Labute approximate surface area is 125 Å². The first-order chi connectivity index (χ1) is 10.2. The van der Waals surface area contributed by atoms with Crippen molar-refractivity contribution in [3.63, 3.8) is 0 Å². The second-order valence-corrected chi connectivity index (χ2v) is 5.49. The zero-order chi connectivity index (χ0) is 14.8. The maximum absolute atomic E-state index is 11.4. The average molecular weight is 302 g/mol. The van der Waals surface area contributed by atoms with E-state index in [0.29, 0.717) is 22.9 Å². The molecular weight excluding hydrogens is 288 g/mol. The van der Waals surface area contributed by atoms with Crippen LogP contribution in [0.1, 0.15) is 27.9 Å². The fourth-order valence-corrected chi connectivity index (χ4v) is 3.17. The quantitative estimate of drug-likeness (QED) is 0.786. The van der Waals surface area contributed by atoms with E-state index in [1.807, 2.05) is 35.6 Å². The van der Waals surface area contributed by atoms with Crippen molar-refractivity contribution in [3.05, 3.63) is 52.8 Å². The van der Waals surface area contributed by atoms with E-state index in [-0.39, 0.29) is 0 Å². The Morgan fingerprint density at radius 2 is 2.14 bits per heavy atom. The largest absolute Gasteiger partial charge is 0.494 e. The molecule has 3 rings (SSSR count). The summed E-state index contributed by atoms with van der Waals surface area (Å²) >= 11 is 1.20. The average Bonchev–Trinajstić information content (AvgIpc) is 3.04. The van der Waals surface area contributed by atoms with Crippen molar-refractivity contribution in [2.24, 2.45) is 0 Å². The number of rotatable bonds is 5. The number of ether oxygens (including phenoxy) is 1. The van der Waals surface area contributed by atoms with Crippen LogP contribution in [0.25, 0.3) is 4.96 Å². The molecule has 0 bridgehead atoms. The summed E-state index contributed by atoms with van der Waals surface area (Å²) in [6.45, 7) is 2.57. The molecule has 108 valence electrons. The smallest absolute Gasteiger partial charge is 0.347 e. The summed E-state index contributed by atoms with van der Waals surface area (Å²) in [5.74, 6) is -0.0933. The van der Waals surface area contributed by atoms with Crippen molar-refractivity contribution >= 4 is 22.3 Å². The van der Waals surface area contributed by atoms with Gasteiger partial charge in [-0.3, -0.25) is 4.40 Å². The zero-order valence-electron chi connectivity index (χ0n) is 11.4. The molecular formula is C15H14N2O3S. The van der Waals surface area contributed by atoms with Crippen LogP contribution >= 0.6 is 11.3 Å². The Morgan fingerprint density at radius 3 is 2.81 bits per heavy atom. The highest BCUT2D eigenvalue weighted by Crippen LogP contribution is 2.25. The van der Waals surface area contributed by atoms with Gasteiger partial charge in [0.2, 0.25) is 0 Å². The summed E-state index contributed by atoms with van der Waals surface area (Å²) in [5, 5.41) is 9.33. The Bertz CT molecular complexity index is 774. The van der Waals surface area contributed by atoms with Crippen molar-refractivity contribution in [3.8, 4) is 5.75 Å². The number of aromatic carboxylic acids is 1. The second-order valence-electron chi connectivity index (χ2n) is 4.52. The van der Waals surface area contributed by atoms with Crippen LogP contribution in [0.2, 0.25) is 0 Å². The van der Waals surface area contributed by atoms with E-state index in [2.05, 4.69) is 4.98 Å². The van der Waals surface area contributed by atoms with E-state index in [1.54, 1.807) is 12.4 Å². The van der Waals surface area contributed by atoms with E-state index in [9.17, 15) is 9.90 Å². The lowest BCUT2D eigenvalue weighted by Gasteiger charge is -2.05. The highest BCUT2D eigenvalue weighted by atomic mass is 32.1. The summed E-state index contributed by atoms with van der Waals surface area (Å²) in [6, 6.07) is 7.71. The molecule has 0 spiro atoms. The molecule has 6 heteroatoms. The fraction of sp³-hybridized carbons (Fsp3) is 0.200. The minimum absolute atomic E-state index is 0.340. The van der Waals surface area contributed by atoms with Crippen LogP contribution in [-0.4, -0.2) is 27.1 Å². The van der Waals surface area contributed by atoms with Gasteiger partial charge in [-0.1, -0.05) is 23.5 Å². The third-order valence-corrected chi connectivity index (χ3v) is 4.25. The first-order valence-corrected chi connectivity index (χ1v) is 7.40. The van der Waals surface area contributed by atoms with Crippen molar-refractivity contribution in [1.82, 2.24) is 9.38 Å². The summed E-state index contributed by atoms with van der Waals surface area (Å²) in [6.07, 6.45) is 4.02. The molecule has 0 amide bonds. The minimum atomic E-state index is -0.911. The van der Waals surface area contributed by atoms with Crippen molar-refractivity contribution in [2.75, 3.05) is 6.61 Å². The first kappa shape index (κ1) is 13.6. The van der Waals surface area contributed by atoms with Crippen molar-refractivity contribution < 1.29 is 14.6 Å². The molecule has 0 saturated heterocycles. The summed E-state index contributed by atoms with van der Waals surface area (Å²) < 4.78 is 7.25. The van der Waals surface area contributed by atoms with Gasteiger partial charge in [0, 0.05) is 18.8 Å². The molecule has 0 atom stereocenters. The number of hydrogen-bond acceptors (Lipinski definition) is 4. The number of aromatic nitrogens is 2. The van der Waals surface area contributed by atoms with E-state index >= 15 is 0 Å². The summed E-state index contributed by atoms with van der Waals surface area (Å²) in [4.78, 5) is 16.6. The van der Waals surface area contributed by atoms with Crippen LogP contribution < -0.4 is 4.74 Å². The number of carbonyl (C=O) groups is 1. The Hall–Kier alpha value is -2.34. The van der Waals surface area contributed by atoms with Gasteiger partial charge in [0.25, 0.3) is 0 Å². The van der Waals surface area contributed by atoms with Crippen LogP contribution in [0, 0.1) is 0 Å². The molecule has 1 N–H and O–H groups in total. The molecule has 2 heterocycles. The van der Waals surface area contributed by atoms with Gasteiger partial charge < -0.3 is 9.84 Å². The maximum atomic E-state index is 11.4. The lowest BCUT2D eigenvalue weighted by molar-refractivity contribution is 0.0700. The molecule has 0 aliphatic rings. The third kappa shape index (κ3) is 2.62. The van der Waals surface area contributed by atoms with Gasteiger partial charge in [-0.2, -0.15) is 0 Å². The lowest BCUT2D eigenvalue weighted by Crippen LogP contribution is -2.02. The van der Waals surface area contributed by atoms with Crippen LogP contribution in [0.3, 0.4) is 0 Å². The highest BCUT2D eigenvalue weighted by molar-refractivity contribution is 7.18.